The fraction of sp³-hybridized carbons (Fsp3) is 0.364. The van der Waals surface area contributed by atoms with Gasteiger partial charge in [0.05, 0.1) is 0 Å². The van der Waals surface area contributed by atoms with Gasteiger partial charge >= 0.3 is 0 Å². The van der Waals surface area contributed by atoms with Crippen molar-refractivity contribution < 1.29 is 4.42 Å². The monoisotopic (exact) mass is 222 g/mol. The second-order valence-corrected chi connectivity index (χ2v) is 6.20. The molecule has 0 saturated carbocycles. The van der Waals surface area contributed by atoms with Gasteiger partial charge in [-0.05, 0) is 12.1 Å². The van der Waals surface area contributed by atoms with E-state index in [1.807, 2.05) is 12.1 Å². The molecule has 80 valence electrons. The molecule has 1 aromatic carbocycles. The van der Waals surface area contributed by atoms with Gasteiger partial charge in [0.1, 0.15) is 5.52 Å². The number of hydrogen-bond acceptors (Lipinski definition) is 4. The number of nitrogen functional groups attached to an aromatic ring is 1. The first-order valence-electron chi connectivity index (χ1n) is 4.79. The van der Waals surface area contributed by atoms with Crippen molar-refractivity contribution in [3.8, 4) is 0 Å². The molecule has 0 atom stereocenters. The lowest BCUT2D eigenvalue weighted by Gasteiger charge is -2.13. The van der Waals surface area contributed by atoms with Crippen molar-refractivity contribution in [2.75, 3.05) is 5.73 Å². The van der Waals surface area contributed by atoms with Crippen LogP contribution in [0.15, 0.2) is 27.8 Å². The van der Waals surface area contributed by atoms with Crippen molar-refractivity contribution in [2.45, 2.75) is 30.7 Å². The van der Waals surface area contributed by atoms with E-state index in [4.69, 9.17) is 10.2 Å². The topological polar surface area (TPSA) is 52.0 Å². The maximum Gasteiger partial charge on any atom is 0.257 e. The third-order valence-corrected chi connectivity index (χ3v) is 2.75. The van der Waals surface area contributed by atoms with E-state index in [1.54, 1.807) is 17.8 Å². The van der Waals surface area contributed by atoms with Crippen molar-refractivity contribution in [2.24, 2.45) is 0 Å². The standard InChI is InChI=1S/C11H14N2OS/c1-11(2,3)15-10-13-8-5-4-7(12)6-9(8)14-10/h4-6H,12H2,1-3H3. The number of thioether (sulfide) groups is 1. The maximum atomic E-state index is 5.67. The Morgan fingerprint density at radius 2 is 2.07 bits per heavy atom. The molecule has 1 heterocycles. The van der Waals surface area contributed by atoms with E-state index in [0.29, 0.717) is 10.9 Å². The van der Waals surface area contributed by atoms with Crippen molar-refractivity contribution in [3.05, 3.63) is 18.2 Å². The first-order chi connectivity index (χ1) is 6.94. The average molecular weight is 222 g/mol. The van der Waals surface area contributed by atoms with Crippen LogP contribution >= 0.6 is 11.8 Å². The molecule has 2 rings (SSSR count). The summed E-state index contributed by atoms with van der Waals surface area (Å²) < 4.78 is 5.70. The number of nitrogens with two attached hydrogens (primary N) is 1. The zero-order valence-corrected chi connectivity index (χ0v) is 9.89. The van der Waals surface area contributed by atoms with Gasteiger partial charge in [0, 0.05) is 16.5 Å². The first kappa shape index (κ1) is 10.4. The van der Waals surface area contributed by atoms with Gasteiger partial charge in [-0.2, -0.15) is 0 Å². The highest BCUT2D eigenvalue weighted by Gasteiger charge is 2.16. The Balaban J connectivity index is 2.39. The first-order valence-corrected chi connectivity index (χ1v) is 5.61. The predicted octanol–water partition coefficient (Wildman–Crippen LogP) is 3.30. The van der Waals surface area contributed by atoms with Gasteiger partial charge in [-0.25, -0.2) is 4.98 Å². The number of fused-ring (bicyclic) bond motifs is 1. The smallest absolute Gasteiger partial charge is 0.257 e. The molecule has 0 spiro atoms. The van der Waals surface area contributed by atoms with E-state index in [2.05, 4.69) is 25.8 Å². The van der Waals surface area contributed by atoms with E-state index < -0.39 is 0 Å². The minimum absolute atomic E-state index is 0.104. The molecular formula is C11H14N2OS. The lowest BCUT2D eigenvalue weighted by Crippen LogP contribution is -2.06. The molecule has 0 aliphatic rings. The number of benzene rings is 1. The number of rotatable bonds is 1. The summed E-state index contributed by atoms with van der Waals surface area (Å²) in [6.07, 6.45) is 0. The molecule has 0 aliphatic carbocycles. The van der Waals surface area contributed by atoms with Crippen LogP contribution in [-0.4, -0.2) is 9.73 Å². The maximum absolute atomic E-state index is 5.67. The molecule has 1 aromatic heterocycles. The Bertz CT molecular complexity index is 485. The van der Waals surface area contributed by atoms with Crippen LogP contribution in [0.1, 0.15) is 20.8 Å². The number of aromatic nitrogens is 1. The quantitative estimate of drug-likeness (QED) is 0.594. The Morgan fingerprint density at radius 3 is 2.73 bits per heavy atom. The third kappa shape index (κ3) is 2.45. The van der Waals surface area contributed by atoms with Crippen LogP contribution < -0.4 is 5.73 Å². The number of oxazole rings is 1. The van der Waals surface area contributed by atoms with Crippen LogP contribution in [0.5, 0.6) is 0 Å². The summed E-state index contributed by atoms with van der Waals surface area (Å²) >= 11 is 1.61. The van der Waals surface area contributed by atoms with Gasteiger partial charge in [-0.1, -0.05) is 32.5 Å². The minimum atomic E-state index is 0.104. The van der Waals surface area contributed by atoms with E-state index in [-0.39, 0.29) is 4.75 Å². The summed E-state index contributed by atoms with van der Waals surface area (Å²) in [5, 5.41) is 0.697. The fourth-order valence-corrected chi connectivity index (χ4v) is 2.02. The van der Waals surface area contributed by atoms with Gasteiger partial charge in [-0.3, -0.25) is 0 Å². The van der Waals surface area contributed by atoms with Crippen LogP contribution in [0, 0.1) is 0 Å². The van der Waals surface area contributed by atoms with Crippen LogP contribution in [0.3, 0.4) is 0 Å². The highest BCUT2D eigenvalue weighted by molar-refractivity contribution is 8.00. The zero-order chi connectivity index (χ0) is 11.1. The number of anilines is 1. The third-order valence-electron chi connectivity index (χ3n) is 1.79. The number of hydrogen-bond donors (Lipinski definition) is 1. The lowest BCUT2D eigenvalue weighted by molar-refractivity contribution is 0.486. The lowest BCUT2D eigenvalue weighted by atomic mass is 10.3. The van der Waals surface area contributed by atoms with Crippen molar-refractivity contribution in [3.63, 3.8) is 0 Å². The van der Waals surface area contributed by atoms with E-state index in [9.17, 15) is 0 Å². The van der Waals surface area contributed by atoms with Crippen LogP contribution in [0.25, 0.3) is 11.1 Å². The van der Waals surface area contributed by atoms with E-state index in [0.717, 1.165) is 11.1 Å². The molecule has 0 amide bonds. The van der Waals surface area contributed by atoms with Crippen molar-refractivity contribution in [1.82, 2.24) is 4.98 Å². The molecule has 0 fully saturated rings. The van der Waals surface area contributed by atoms with E-state index in [1.165, 1.54) is 0 Å². The predicted molar refractivity (Wildman–Crippen MR) is 64.0 cm³/mol. The summed E-state index contributed by atoms with van der Waals surface area (Å²) in [5.41, 5.74) is 7.97. The molecule has 0 saturated heterocycles. The molecule has 2 N–H and O–H groups in total. The zero-order valence-electron chi connectivity index (χ0n) is 9.07. The highest BCUT2D eigenvalue weighted by Crippen LogP contribution is 2.33. The molecule has 4 heteroatoms. The molecule has 3 nitrogen and oxygen atoms in total. The number of nitrogens with zero attached hydrogens (tertiary/aromatic N) is 1. The van der Waals surface area contributed by atoms with Gasteiger partial charge in [-0.15, -0.1) is 0 Å². The largest absolute Gasteiger partial charge is 0.431 e. The van der Waals surface area contributed by atoms with Crippen LogP contribution in [0.4, 0.5) is 5.69 Å². The summed E-state index contributed by atoms with van der Waals surface area (Å²) in [6, 6.07) is 5.51. The summed E-state index contributed by atoms with van der Waals surface area (Å²) in [6.45, 7) is 6.38. The second-order valence-electron chi connectivity index (χ2n) is 4.42. The molecule has 0 bridgehead atoms. The molecule has 0 unspecified atom stereocenters. The summed E-state index contributed by atoms with van der Waals surface area (Å²) in [7, 11) is 0. The summed E-state index contributed by atoms with van der Waals surface area (Å²) in [5.74, 6) is 0. The summed E-state index contributed by atoms with van der Waals surface area (Å²) in [4.78, 5) is 4.38. The molecule has 2 aromatic rings. The second kappa shape index (κ2) is 3.45. The molecular weight excluding hydrogens is 208 g/mol. The van der Waals surface area contributed by atoms with Crippen LogP contribution in [-0.2, 0) is 0 Å². The Hall–Kier alpha value is -1.16. The average Bonchev–Trinajstić information content (AvgIpc) is 2.42. The van der Waals surface area contributed by atoms with Gasteiger partial charge < -0.3 is 10.2 Å². The van der Waals surface area contributed by atoms with E-state index >= 15 is 0 Å². The SMILES string of the molecule is CC(C)(C)Sc1nc2ccc(N)cc2o1. The van der Waals surface area contributed by atoms with Gasteiger partial charge in [0.15, 0.2) is 5.58 Å². The van der Waals surface area contributed by atoms with Crippen molar-refractivity contribution >= 4 is 28.5 Å². The molecule has 0 radical (unpaired) electrons. The Labute approximate surface area is 93.0 Å². The van der Waals surface area contributed by atoms with Crippen LogP contribution in [0.2, 0.25) is 0 Å². The Kier molecular flexibility index (Phi) is 2.38. The van der Waals surface area contributed by atoms with Gasteiger partial charge in [0.25, 0.3) is 5.22 Å². The highest BCUT2D eigenvalue weighted by atomic mass is 32.2. The van der Waals surface area contributed by atoms with Crippen molar-refractivity contribution in [1.29, 1.82) is 0 Å². The Morgan fingerprint density at radius 1 is 1.33 bits per heavy atom. The molecule has 0 aliphatic heterocycles. The molecule has 15 heavy (non-hydrogen) atoms. The minimum Gasteiger partial charge on any atom is -0.431 e. The fourth-order valence-electron chi connectivity index (χ4n) is 1.23. The van der Waals surface area contributed by atoms with Gasteiger partial charge in [0.2, 0.25) is 0 Å². The normalized spacial score (nSPS) is 12.2.